The van der Waals surface area contributed by atoms with E-state index in [0.717, 1.165) is 24.1 Å². The van der Waals surface area contributed by atoms with Gasteiger partial charge in [0.2, 0.25) is 0 Å². The third-order valence-electron chi connectivity index (χ3n) is 7.53. The largest absolute Gasteiger partial charge is 0.394 e. The summed E-state index contributed by atoms with van der Waals surface area (Å²) in [4.78, 5) is 19.0. The molecule has 5 aliphatic rings. The standard InChI is InChI=1S/C20H26N2O4/c1-3-19(11-23)14-8-17-20(9-15(21-19)12(14)10-26-17)13-6-4-5-7-16(13)22(25-2)18(20)24/h4-7,12,14-15,17,21,23H,3,8-11H2,1-2H3/t12-,14+,15-,17-,19+,20-/m0/s1. The number of carbonyl (C=O) groups is 1. The van der Waals surface area contributed by atoms with Crippen LogP contribution >= 0.6 is 0 Å². The van der Waals surface area contributed by atoms with Crippen molar-refractivity contribution in [2.45, 2.75) is 49.3 Å². The van der Waals surface area contributed by atoms with Gasteiger partial charge in [0.1, 0.15) is 5.41 Å². The van der Waals surface area contributed by atoms with Crippen molar-refractivity contribution in [2.75, 3.05) is 25.4 Å². The van der Waals surface area contributed by atoms with Crippen molar-refractivity contribution in [3.63, 3.8) is 0 Å². The lowest BCUT2D eigenvalue weighted by Crippen LogP contribution is -2.58. The number of nitrogens with zero attached hydrogens (tertiary/aromatic N) is 1. The van der Waals surface area contributed by atoms with Gasteiger partial charge in [-0.3, -0.25) is 9.63 Å². The molecule has 6 atom stereocenters. The van der Waals surface area contributed by atoms with Gasteiger partial charge in [-0.2, -0.15) is 5.06 Å². The lowest BCUT2D eigenvalue weighted by molar-refractivity contribution is -0.139. The number of aliphatic hydroxyl groups is 1. The van der Waals surface area contributed by atoms with Crippen molar-refractivity contribution >= 4 is 11.6 Å². The van der Waals surface area contributed by atoms with E-state index in [1.807, 2.05) is 24.3 Å². The van der Waals surface area contributed by atoms with Gasteiger partial charge < -0.3 is 15.2 Å². The van der Waals surface area contributed by atoms with E-state index in [-0.39, 0.29) is 30.2 Å². The fourth-order valence-corrected chi connectivity index (χ4v) is 6.22. The topological polar surface area (TPSA) is 71.0 Å². The van der Waals surface area contributed by atoms with Crippen molar-refractivity contribution in [3.8, 4) is 0 Å². The second-order valence-electron chi connectivity index (χ2n) is 8.22. The van der Waals surface area contributed by atoms with E-state index >= 15 is 0 Å². The van der Waals surface area contributed by atoms with Gasteiger partial charge >= 0.3 is 0 Å². The summed E-state index contributed by atoms with van der Waals surface area (Å²) in [6.45, 7) is 2.92. The molecule has 0 unspecified atom stereocenters. The molecule has 6 nitrogen and oxygen atoms in total. The van der Waals surface area contributed by atoms with E-state index in [1.54, 1.807) is 7.11 Å². The number of aliphatic hydroxyl groups excluding tert-OH is 1. The zero-order valence-electron chi connectivity index (χ0n) is 15.3. The predicted octanol–water partition coefficient (Wildman–Crippen LogP) is 1.37. The van der Waals surface area contributed by atoms with Gasteiger partial charge in [0, 0.05) is 17.5 Å². The van der Waals surface area contributed by atoms with E-state index in [0.29, 0.717) is 24.9 Å². The first-order valence-electron chi connectivity index (χ1n) is 9.59. The summed E-state index contributed by atoms with van der Waals surface area (Å²) in [7, 11) is 1.54. The minimum absolute atomic E-state index is 0.0210. The Morgan fingerprint density at radius 3 is 2.96 bits per heavy atom. The molecule has 2 N–H and O–H groups in total. The van der Waals surface area contributed by atoms with Crippen LogP contribution in [0, 0.1) is 11.8 Å². The number of carbonyl (C=O) groups excluding carboxylic acids is 1. The molecule has 0 aromatic heterocycles. The van der Waals surface area contributed by atoms with E-state index < -0.39 is 5.41 Å². The van der Waals surface area contributed by atoms with Crippen molar-refractivity contribution in [3.05, 3.63) is 29.8 Å². The lowest BCUT2D eigenvalue weighted by atomic mass is 9.69. The number of hydrogen-bond acceptors (Lipinski definition) is 5. The van der Waals surface area contributed by atoms with Gasteiger partial charge in [-0.25, -0.2) is 0 Å². The molecule has 1 aromatic rings. The summed E-state index contributed by atoms with van der Waals surface area (Å²) in [5, 5.41) is 15.3. The number of rotatable bonds is 3. The summed E-state index contributed by atoms with van der Waals surface area (Å²) < 4.78 is 6.30. The zero-order chi connectivity index (χ0) is 18.1. The molecule has 1 saturated carbocycles. The minimum atomic E-state index is -0.705. The van der Waals surface area contributed by atoms with Crippen LogP contribution in [0.15, 0.2) is 24.3 Å². The molecule has 3 saturated heterocycles. The predicted molar refractivity (Wildman–Crippen MR) is 95.6 cm³/mol. The van der Waals surface area contributed by atoms with Crippen LogP contribution < -0.4 is 10.4 Å². The van der Waals surface area contributed by atoms with Crippen molar-refractivity contribution in [2.24, 2.45) is 11.8 Å². The second-order valence-corrected chi connectivity index (χ2v) is 8.22. The molecular formula is C20H26N2O4. The molecule has 1 amide bonds. The van der Waals surface area contributed by atoms with Crippen molar-refractivity contribution in [1.29, 1.82) is 0 Å². The molecule has 4 fully saturated rings. The number of anilines is 1. The van der Waals surface area contributed by atoms with Crippen LogP contribution in [0.4, 0.5) is 5.69 Å². The Morgan fingerprint density at radius 1 is 1.42 bits per heavy atom. The molecule has 4 bridgehead atoms. The first-order valence-corrected chi connectivity index (χ1v) is 9.59. The number of benzene rings is 1. The Balaban J connectivity index is 1.64. The first-order chi connectivity index (χ1) is 12.6. The third-order valence-corrected chi connectivity index (χ3v) is 7.53. The van der Waals surface area contributed by atoms with Gasteiger partial charge in [-0.1, -0.05) is 25.1 Å². The normalized spacial score (nSPS) is 43.2. The summed E-state index contributed by atoms with van der Waals surface area (Å²) >= 11 is 0. The van der Waals surface area contributed by atoms with E-state index in [1.165, 1.54) is 5.06 Å². The maximum atomic E-state index is 13.5. The number of amides is 1. The van der Waals surface area contributed by atoms with Gasteiger partial charge in [-0.15, -0.1) is 0 Å². The monoisotopic (exact) mass is 358 g/mol. The number of ether oxygens (including phenoxy) is 1. The molecule has 0 radical (unpaired) electrons. The van der Waals surface area contributed by atoms with E-state index in [2.05, 4.69) is 12.2 Å². The number of nitrogens with one attached hydrogen (secondary N) is 1. The molecule has 1 spiro atoms. The zero-order valence-corrected chi connectivity index (χ0v) is 15.3. The third kappa shape index (κ3) is 1.78. The van der Waals surface area contributed by atoms with Gasteiger partial charge in [0.05, 0.1) is 32.1 Å². The van der Waals surface area contributed by atoms with E-state index in [4.69, 9.17) is 9.57 Å². The molecule has 6 rings (SSSR count). The maximum absolute atomic E-state index is 13.5. The number of hydroxylamine groups is 1. The smallest absolute Gasteiger partial charge is 0.264 e. The average Bonchev–Trinajstić information content (AvgIpc) is 2.99. The quantitative estimate of drug-likeness (QED) is 0.854. The van der Waals surface area contributed by atoms with E-state index in [9.17, 15) is 9.90 Å². The molecule has 26 heavy (non-hydrogen) atoms. The van der Waals surface area contributed by atoms with Crippen LogP contribution in [0.5, 0.6) is 0 Å². The first kappa shape index (κ1) is 16.7. The minimum Gasteiger partial charge on any atom is -0.394 e. The highest BCUT2D eigenvalue weighted by molar-refractivity contribution is 6.07. The highest BCUT2D eigenvalue weighted by Crippen LogP contribution is 2.58. The summed E-state index contributed by atoms with van der Waals surface area (Å²) in [6.07, 6.45) is 2.19. The fourth-order valence-electron chi connectivity index (χ4n) is 6.22. The Morgan fingerprint density at radius 2 is 2.23 bits per heavy atom. The van der Waals surface area contributed by atoms with Crippen LogP contribution in [0.1, 0.15) is 31.7 Å². The Kier molecular flexibility index (Phi) is 3.54. The van der Waals surface area contributed by atoms with Gasteiger partial charge in [-0.05, 0) is 36.8 Å². The highest BCUT2D eigenvalue weighted by atomic mass is 16.7. The number of hydrogen-bond donors (Lipinski definition) is 2. The molecule has 1 aromatic carbocycles. The lowest BCUT2D eigenvalue weighted by Gasteiger charge is -2.44. The van der Waals surface area contributed by atoms with Gasteiger partial charge in [0.15, 0.2) is 0 Å². The SMILES string of the molecule is CC[C@]1(CO)N[C@H]2C[C@@]3(C(=O)N(OC)c4ccccc43)[C@@H]3C[C@@H]1[C@@H]2CO3. The highest BCUT2D eigenvalue weighted by Gasteiger charge is 2.67. The van der Waals surface area contributed by atoms with Gasteiger partial charge in [0.25, 0.3) is 5.91 Å². The summed E-state index contributed by atoms with van der Waals surface area (Å²) in [5.41, 5.74) is 0.885. The fraction of sp³-hybridized carbons (Fsp3) is 0.650. The Bertz CT molecular complexity index is 749. The van der Waals surface area contributed by atoms with Crippen LogP contribution in [0.2, 0.25) is 0 Å². The number of para-hydroxylation sites is 1. The van der Waals surface area contributed by atoms with Crippen LogP contribution in [0.25, 0.3) is 0 Å². The van der Waals surface area contributed by atoms with Crippen molar-refractivity contribution < 1.29 is 19.5 Å². The molecule has 4 aliphatic heterocycles. The molecule has 140 valence electrons. The molecule has 6 heteroatoms. The van der Waals surface area contributed by atoms with Crippen LogP contribution in [0.3, 0.4) is 0 Å². The summed E-state index contributed by atoms with van der Waals surface area (Å²) in [5.74, 6) is 0.652. The number of fused-ring (bicyclic) bond motifs is 2. The second kappa shape index (κ2) is 5.52. The molecule has 4 heterocycles. The Hall–Kier alpha value is -1.47. The van der Waals surface area contributed by atoms with Crippen molar-refractivity contribution in [1.82, 2.24) is 5.32 Å². The van der Waals surface area contributed by atoms with Crippen LogP contribution in [-0.4, -0.2) is 49.0 Å². The maximum Gasteiger partial charge on any atom is 0.264 e. The van der Waals surface area contributed by atoms with Crippen LogP contribution in [-0.2, 0) is 19.8 Å². The molecule has 1 aliphatic carbocycles. The average molecular weight is 358 g/mol. The summed E-state index contributed by atoms with van der Waals surface area (Å²) in [6, 6.07) is 8.07. The molecular weight excluding hydrogens is 332 g/mol. The Labute approximate surface area is 153 Å².